The van der Waals surface area contributed by atoms with Gasteiger partial charge in [0, 0.05) is 6.04 Å². The summed E-state index contributed by atoms with van der Waals surface area (Å²) in [6.07, 6.45) is 8.53. The molecule has 0 amide bonds. The van der Waals surface area contributed by atoms with Crippen molar-refractivity contribution < 1.29 is 0 Å². The van der Waals surface area contributed by atoms with E-state index in [1.807, 2.05) is 0 Å². The number of nitriles is 1. The van der Waals surface area contributed by atoms with Gasteiger partial charge in [0.1, 0.15) is 5.54 Å². The molecule has 1 fully saturated rings. The lowest BCUT2D eigenvalue weighted by Gasteiger charge is -2.30. The molecule has 1 unspecified atom stereocenters. The lowest BCUT2D eigenvalue weighted by molar-refractivity contribution is 0.197. The molecule has 1 aliphatic carbocycles. The van der Waals surface area contributed by atoms with Gasteiger partial charge >= 0.3 is 0 Å². The topological polar surface area (TPSA) is 39.1 Å². The maximum absolute atomic E-state index is 9.42. The summed E-state index contributed by atoms with van der Waals surface area (Å²) in [6, 6.07) is 3.31. The standard InChI is InChI=1S/C16H31N3/c1-4-16(14-17,18-5-2)12-9-13-19(6-3)15-10-7-8-11-15/h15,18H,4-13H2,1-3H3. The molecule has 0 aliphatic heterocycles. The van der Waals surface area contributed by atoms with Gasteiger partial charge in [0.25, 0.3) is 0 Å². The molecule has 110 valence electrons. The minimum atomic E-state index is -0.302. The normalized spacial score (nSPS) is 19.5. The Morgan fingerprint density at radius 3 is 2.42 bits per heavy atom. The van der Waals surface area contributed by atoms with Gasteiger partial charge in [-0.15, -0.1) is 0 Å². The highest BCUT2D eigenvalue weighted by Crippen LogP contribution is 2.24. The van der Waals surface area contributed by atoms with Crippen LogP contribution in [0.15, 0.2) is 0 Å². The van der Waals surface area contributed by atoms with Crippen LogP contribution in [0.4, 0.5) is 0 Å². The number of hydrogen-bond donors (Lipinski definition) is 1. The molecule has 0 aromatic carbocycles. The number of hydrogen-bond acceptors (Lipinski definition) is 3. The Balaban J connectivity index is 2.39. The van der Waals surface area contributed by atoms with Crippen LogP contribution in [-0.4, -0.2) is 36.1 Å². The van der Waals surface area contributed by atoms with E-state index in [4.69, 9.17) is 0 Å². The molecule has 0 aromatic heterocycles. The van der Waals surface area contributed by atoms with E-state index < -0.39 is 0 Å². The molecule has 1 atom stereocenters. The summed E-state index contributed by atoms with van der Waals surface area (Å²) < 4.78 is 0. The molecule has 19 heavy (non-hydrogen) atoms. The Kier molecular flexibility index (Phi) is 7.41. The fraction of sp³-hybridized carbons (Fsp3) is 0.938. The second-order valence-electron chi connectivity index (χ2n) is 5.75. The monoisotopic (exact) mass is 265 g/mol. The maximum atomic E-state index is 9.42. The van der Waals surface area contributed by atoms with Crippen LogP contribution in [0.2, 0.25) is 0 Å². The maximum Gasteiger partial charge on any atom is 0.106 e. The molecular weight excluding hydrogens is 234 g/mol. The Labute approximate surface area is 119 Å². The number of nitrogens with zero attached hydrogens (tertiary/aromatic N) is 2. The predicted octanol–water partition coefficient (Wildman–Crippen LogP) is 3.31. The van der Waals surface area contributed by atoms with Gasteiger partial charge in [-0.1, -0.05) is 33.6 Å². The van der Waals surface area contributed by atoms with Crippen molar-refractivity contribution in [1.29, 1.82) is 5.26 Å². The van der Waals surface area contributed by atoms with Crippen molar-refractivity contribution in [2.24, 2.45) is 0 Å². The molecule has 3 heteroatoms. The summed E-state index contributed by atoms with van der Waals surface area (Å²) in [5, 5.41) is 12.8. The van der Waals surface area contributed by atoms with E-state index in [0.29, 0.717) is 0 Å². The summed E-state index contributed by atoms with van der Waals surface area (Å²) in [4.78, 5) is 2.62. The minimum Gasteiger partial charge on any atom is -0.301 e. The Bertz CT molecular complexity index is 278. The first-order valence-corrected chi connectivity index (χ1v) is 8.11. The van der Waals surface area contributed by atoms with Crippen molar-refractivity contribution in [2.75, 3.05) is 19.6 Å². The molecule has 3 nitrogen and oxygen atoms in total. The van der Waals surface area contributed by atoms with Crippen LogP contribution >= 0.6 is 0 Å². The fourth-order valence-corrected chi connectivity index (χ4v) is 3.36. The van der Waals surface area contributed by atoms with E-state index in [-0.39, 0.29) is 5.54 Å². The third-order valence-electron chi connectivity index (χ3n) is 4.63. The average Bonchev–Trinajstić information content (AvgIpc) is 2.96. The summed E-state index contributed by atoms with van der Waals surface area (Å²) in [5.74, 6) is 0. The Morgan fingerprint density at radius 2 is 1.95 bits per heavy atom. The van der Waals surface area contributed by atoms with Crippen LogP contribution in [-0.2, 0) is 0 Å². The van der Waals surface area contributed by atoms with E-state index in [2.05, 4.69) is 37.1 Å². The Hall–Kier alpha value is -0.590. The zero-order valence-electron chi connectivity index (χ0n) is 13.0. The van der Waals surface area contributed by atoms with E-state index in [1.165, 1.54) is 25.7 Å². The van der Waals surface area contributed by atoms with Gasteiger partial charge in [0.15, 0.2) is 0 Å². The molecule has 1 N–H and O–H groups in total. The van der Waals surface area contributed by atoms with Gasteiger partial charge in [0.05, 0.1) is 6.07 Å². The van der Waals surface area contributed by atoms with Gasteiger partial charge < -0.3 is 4.90 Å². The first-order valence-electron chi connectivity index (χ1n) is 8.11. The van der Waals surface area contributed by atoms with E-state index in [0.717, 1.165) is 44.9 Å². The van der Waals surface area contributed by atoms with Crippen LogP contribution in [0.25, 0.3) is 0 Å². The fourth-order valence-electron chi connectivity index (χ4n) is 3.36. The molecule has 1 rings (SSSR count). The lowest BCUT2D eigenvalue weighted by atomic mass is 9.91. The lowest BCUT2D eigenvalue weighted by Crippen LogP contribution is -2.44. The Morgan fingerprint density at radius 1 is 1.26 bits per heavy atom. The predicted molar refractivity (Wildman–Crippen MR) is 81.0 cm³/mol. The highest BCUT2D eigenvalue weighted by Gasteiger charge is 2.27. The first kappa shape index (κ1) is 16.5. The molecule has 1 aliphatic rings. The highest BCUT2D eigenvalue weighted by molar-refractivity contribution is 5.06. The quantitative estimate of drug-likeness (QED) is 0.695. The van der Waals surface area contributed by atoms with Gasteiger partial charge in [-0.2, -0.15) is 5.26 Å². The zero-order chi connectivity index (χ0) is 14.1. The molecule has 0 heterocycles. The third kappa shape index (κ3) is 4.78. The van der Waals surface area contributed by atoms with Crippen molar-refractivity contribution in [3.63, 3.8) is 0 Å². The second kappa shape index (κ2) is 8.55. The molecule has 1 saturated carbocycles. The minimum absolute atomic E-state index is 0.302. The number of nitrogens with one attached hydrogen (secondary N) is 1. The molecule has 0 aromatic rings. The summed E-state index contributed by atoms with van der Waals surface area (Å²) in [7, 11) is 0. The van der Waals surface area contributed by atoms with Gasteiger partial charge in [-0.3, -0.25) is 5.32 Å². The van der Waals surface area contributed by atoms with Crippen LogP contribution < -0.4 is 5.32 Å². The summed E-state index contributed by atoms with van der Waals surface area (Å²) in [5.41, 5.74) is -0.302. The zero-order valence-corrected chi connectivity index (χ0v) is 13.0. The molecule has 0 radical (unpaired) electrons. The van der Waals surface area contributed by atoms with Crippen LogP contribution in [0, 0.1) is 11.3 Å². The van der Waals surface area contributed by atoms with Crippen LogP contribution in [0.1, 0.15) is 65.7 Å². The third-order valence-corrected chi connectivity index (χ3v) is 4.63. The molecule has 0 saturated heterocycles. The van der Waals surface area contributed by atoms with Crippen molar-refractivity contribution >= 4 is 0 Å². The molecule has 0 bridgehead atoms. The van der Waals surface area contributed by atoms with Gasteiger partial charge in [-0.05, 0) is 51.7 Å². The largest absolute Gasteiger partial charge is 0.301 e. The first-order chi connectivity index (χ1) is 9.21. The van der Waals surface area contributed by atoms with Crippen molar-refractivity contribution in [2.45, 2.75) is 77.3 Å². The van der Waals surface area contributed by atoms with Gasteiger partial charge in [0.2, 0.25) is 0 Å². The molecular formula is C16H31N3. The van der Waals surface area contributed by atoms with Crippen molar-refractivity contribution in [3.8, 4) is 6.07 Å². The molecule has 0 spiro atoms. The number of rotatable bonds is 9. The van der Waals surface area contributed by atoms with Gasteiger partial charge in [-0.25, -0.2) is 0 Å². The van der Waals surface area contributed by atoms with Crippen molar-refractivity contribution in [1.82, 2.24) is 10.2 Å². The van der Waals surface area contributed by atoms with Crippen molar-refractivity contribution in [3.05, 3.63) is 0 Å². The second-order valence-corrected chi connectivity index (χ2v) is 5.75. The summed E-state index contributed by atoms with van der Waals surface area (Å²) in [6.45, 7) is 9.63. The van der Waals surface area contributed by atoms with E-state index >= 15 is 0 Å². The average molecular weight is 265 g/mol. The van der Waals surface area contributed by atoms with Crippen LogP contribution in [0.3, 0.4) is 0 Å². The SMILES string of the molecule is CCNC(C#N)(CC)CCCN(CC)C1CCCC1. The summed E-state index contributed by atoms with van der Waals surface area (Å²) >= 11 is 0. The van der Waals surface area contributed by atoms with Crippen LogP contribution in [0.5, 0.6) is 0 Å². The van der Waals surface area contributed by atoms with E-state index in [1.54, 1.807) is 0 Å². The smallest absolute Gasteiger partial charge is 0.106 e. The van der Waals surface area contributed by atoms with E-state index in [9.17, 15) is 5.26 Å². The highest BCUT2D eigenvalue weighted by atomic mass is 15.1.